The molecule has 0 spiro atoms. The Morgan fingerprint density at radius 2 is 1.96 bits per heavy atom. The van der Waals surface area contributed by atoms with Crippen LogP contribution in [-0.2, 0) is 0 Å². The highest BCUT2D eigenvalue weighted by molar-refractivity contribution is 5.66. The van der Waals surface area contributed by atoms with Crippen LogP contribution < -0.4 is 15.0 Å². The van der Waals surface area contributed by atoms with E-state index in [1.807, 2.05) is 12.1 Å². The minimum atomic E-state index is 0.175. The molecule has 2 aromatic carbocycles. The summed E-state index contributed by atoms with van der Waals surface area (Å²) in [5.74, 6) is 1.57. The fourth-order valence-electron chi connectivity index (χ4n) is 4.60. The molecule has 27 heavy (non-hydrogen) atoms. The number of hydrogen-bond acceptors (Lipinski definition) is 4. The molecule has 0 bridgehead atoms. The standard InChI is InChI=1S/C23H28N2O2/c1-4-25(5-2)16-10-11-20-19(14-16)17-7-6-8-18(17)23(24-20)15-9-12-22(27-3)21(26)13-15/h6-7,9-14,17-18,23-24,26H,4-5,8H2,1-3H3. The summed E-state index contributed by atoms with van der Waals surface area (Å²) in [5.41, 5.74) is 4.97. The summed E-state index contributed by atoms with van der Waals surface area (Å²) in [6.45, 7) is 6.43. The number of hydrogen-bond donors (Lipinski definition) is 2. The van der Waals surface area contributed by atoms with Gasteiger partial charge in [-0.25, -0.2) is 0 Å². The Hall–Kier alpha value is -2.62. The topological polar surface area (TPSA) is 44.7 Å². The Labute approximate surface area is 161 Å². The summed E-state index contributed by atoms with van der Waals surface area (Å²) in [4.78, 5) is 2.39. The molecule has 3 atom stereocenters. The fourth-order valence-corrected chi connectivity index (χ4v) is 4.60. The maximum atomic E-state index is 10.2. The second-order valence-corrected chi connectivity index (χ2v) is 7.35. The van der Waals surface area contributed by atoms with Crippen LogP contribution in [0.2, 0.25) is 0 Å². The molecule has 2 aliphatic rings. The van der Waals surface area contributed by atoms with E-state index >= 15 is 0 Å². The first kappa shape index (κ1) is 17.8. The van der Waals surface area contributed by atoms with Crippen molar-refractivity contribution in [3.05, 3.63) is 59.7 Å². The largest absolute Gasteiger partial charge is 0.504 e. The highest BCUT2D eigenvalue weighted by atomic mass is 16.5. The van der Waals surface area contributed by atoms with Crippen LogP contribution in [-0.4, -0.2) is 25.3 Å². The van der Waals surface area contributed by atoms with Crippen molar-refractivity contribution >= 4 is 11.4 Å². The molecule has 1 heterocycles. The Morgan fingerprint density at radius 3 is 2.67 bits per heavy atom. The van der Waals surface area contributed by atoms with Crippen molar-refractivity contribution in [3.8, 4) is 11.5 Å². The van der Waals surface area contributed by atoms with Crippen LogP contribution in [0.1, 0.15) is 43.4 Å². The monoisotopic (exact) mass is 364 g/mol. The lowest BCUT2D eigenvalue weighted by atomic mass is 9.77. The van der Waals surface area contributed by atoms with Crippen molar-refractivity contribution in [1.29, 1.82) is 0 Å². The minimum Gasteiger partial charge on any atom is -0.504 e. The lowest BCUT2D eigenvalue weighted by molar-refractivity contribution is 0.371. The summed E-state index contributed by atoms with van der Waals surface area (Å²) in [5, 5.41) is 14.0. The number of benzene rings is 2. The third kappa shape index (κ3) is 3.03. The summed E-state index contributed by atoms with van der Waals surface area (Å²) in [6, 6.07) is 12.7. The van der Waals surface area contributed by atoms with Gasteiger partial charge in [-0.15, -0.1) is 0 Å². The molecule has 142 valence electrons. The number of anilines is 2. The zero-order valence-electron chi connectivity index (χ0n) is 16.3. The van der Waals surface area contributed by atoms with Crippen molar-refractivity contribution in [3.63, 3.8) is 0 Å². The van der Waals surface area contributed by atoms with Crippen LogP contribution >= 0.6 is 0 Å². The highest BCUT2D eigenvalue weighted by Gasteiger charge is 2.38. The molecule has 0 saturated carbocycles. The maximum Gasteiger partial charge on any atom is 0.160 e. The molecule has 0 fully saturated rings. The van der Waals surface area contributed by atoms with Gasteiger partial charge in [-0.3, -0.25) is 0 Å². The van der Waals surface area contributed by atoms with Gasteiger partial charge in [0, 0.05) is 30.4 Å². The van der Waals surface area contributed by atoms with Crippen LogP contribution in [0.3, 0.4) is 0 Å². The molecular weight excluding hydrogens is 336 g/mol. The first-order valence-electron chi connectivity index (χ1n) is 9.85. The zero-order valence-corrected chi connectivity index (χ0v) is 16.3. The van der Waals surface area contributed by atoms with Crippen molar-refractivity contribution in [2.24, 2.45) is 5.92 Å². The van der Waals surface area contributed by atoms with Crippen molar-refractivity contribution in [2.75, 3.05) is 30.4 Å². The van der Waals surface area contributed by atoms with Gasteiger partial charge in [0.1, 0.15) is 0 Å². The molecule has 4 rings (SSSR count). The smallest absolute Gasteiger partial charge is 0.160 e. The van der Waals surface area contributed by atoms with E-state index in [2.05, 4.69) is 60.5 Å². The van der Waals surface area contributed by atoms with Gasteiger partial charge >= 0.3 is 0 Å². The molecule has 0 amide bonds. The second kappa shape index (κ2) is 7.18. The van der Waals surface area contributed by atoms with E-state index in [1.54, 1.807) is 7.11 Å². The van der Waals surface area contributed by atoms with Gasteiger partial charge < -0.3 is 20.1 Å². The molecule has 1 aliphatic carbocycles. The Kier molecular flexibility index (Phi) is 4.73. The van der Waals surface area contributed by atoms with Gasteiger partial charge in [0.15, 0.2) is 11.5 Å². The van der Waals surface area contributed by atoms with Crippen LogP contribution in [0.15, 0.2) is 48.6 Å². The molecule has 0 saturated heterocycles. The number of ether oxygens (including phenoxy) is 1. The molecule has 3 unspecified atom stereocenters. The maximum absolute atomic E-state index is 10.2. The van der Waals surface area contributed by atoms with E-state index in [4.69, 9.17) is 4.74 Å². The summed E-state index contributed by atoms with van der Waals surface area (Å²) >= 11 is 0. The first-order chi connectivity index (χ1) is 13.2. The third-order valence-electron chi connectivity index (χ3n) is 6.04. The second-order valence-electron chi connectivity index (χ2n) is 7.35. The number of fused-ring (bicyclic) bond motifs is 3. The summed E-state index contributed by atoms with van der Waals surface area (Å²) in [6.07, 6.45) is 5.70. The predicted molar refractivity (Wildman–Crippen MR) is 111 cm³/mol. The van der Waals surface area contributed by atoms with Crippen molar-refractivity contribution in [1.82, 2.24) is 0 Å². The lowest BCUT2D eigenvalue weighted by Gasteiger charge is -2.38. The van der Waals surface area contributed by atoms with E-state index in [-0.39, 0.29) is 11.8 Å². The highest BCUT2D eigenvalue weighted by Crippen LogP contribution is 2.51. The summed E-state index contributed by atoms with van der Waals surface area (Å²) in [7, 11) is 1.58. The van der Waals surface area contributed by atoms with Crippen LogP contribution in [0.4, 0.5) is 11.4 Å². The van der Waals surface area contributed by atoms with Gasteiger partial charge in [0.05, 0.1) is 13.2 Å². The number of phenols is 1. The van der Waals surface area contributed by atoms with E-state index in [9.17, 15) is 5.11 Å². The number of nitrogens with zero attached hydrogens (tertiary/aromatic N) is 1. The summed E-state index contributed by atoms with van der Waals surface area (Å²) < 4.78 is 5.20. The van der Waals surface area contributed by atoms with Gasteiger partial charge in [-0.2, -0.15) is 0 Å². The molecule has 2 aromatic rings. The van der Waals surface area contributed by atoms with E-state index < -0.39 is 0 Å². The molecule has 2 N–H and O–H groups in total. The molecule has 0 radical (unpaired) electrons. The Balaban J connectivity index is 1.71. The average molecular weight is 364 g/mol. The van der Waals surface area contributed by atoms with Gasteiger partial charge in [-0.05, 0) is 67.6 Å². The van der Waals surface area contributed by atoms with Crippen molar-refractivity contribution in [2.45, 2.75) is 32.2 Å². The number of phenolic OH excluding ortho intramolecular Hbond substituents is 1. The van der Waals surface area contributed by atoms with E-state index in [0.717, 1.165) is 25.1 Å². The minimum absolute atomic E-state index is 0.175. The molecular formula is C23H28N2O2. The fraction of sp³-hybridized carbons (Fsp3) is 0.391. The van der Waals surface area contributed by atoms with Crippen LogP contribution in [0.25, 0.3) is 0 Å². The first-order valence-corrected chi connectivity index (χ1v) is 9.85. The number of nitrogens with one attached hydrogen (secondary N) is 1. The lowest BCUT2D eigenvalue weighted by Crippen LogP contribution is -2.29. The number of allylic oxidation sites excluding steroid dienone is 2. The SMILES string of the molecule is CCN(CC)c1ccc2c(c1)C1C=CCC1C(c1ccc(OC)c(O)c1)N2. The van der Waals surface area contributed by atoms with Crippen LogP contribution in [0, 0.1) is 5.92 Å². The van der Waals surface area contributed by atoms with Crippen LogP contribution in [0.5, 0.6) is 11.5 Å². The molecule has 4 heteroatoms. The van der Waals surface area contributed by atoms with Crippen molar-refractivity contribution < 1.29 is 9.84 Å². The molecule has 4 nitrogen and oxygen atoms in total. The molecule has 0 aromatic heterocycles. The average Bonchev–Trinajstić information content (AvgIpc) is 3.18. The quantitative estimate of drug-likeness (QED) is 0.727. The number of aromatic hydroxyl groups is 1. The normalized spacial score (nSPS) is 22.7. The Bertz CT molecular complexity index is 857. The number of methoxy groups -OCH3 is 1. The Morgan fingerprint density at radius 1 is 1.15 bits per heavy atom. The molecule has 1 aliphatic heterocycles. The third-order valence-corrected chi connectivity index (χ3v) is 6.04. The van der Waals surface area contributed by atoms with Gasteiger partial charge in [0.2, 0.25) is 0 Å². The predicted octanol–water partition coefficient (Wildman–Crippen LogP) is 5.07. The van der Waals surface area contributed by atoms with E-state index in [1.165, 1.54) is 16.9 Å². The van der Waals surface area contributed by atoms with Gasteiger partial charge in [-0.1, -0.05) is 18.2 Å². The zero-order chi connectivity index (χ0) is 19.0. The number of rotatable bonds is 5. The van der Waals surface area contributed by atoms with E-state index in [0.29, 0.717) is 17.6 Å². The van der Waals surface area contributed by atoms with Gasteiger partial charge in [0.25, 0.3) is 0 Å².